The smallest absolute Gasteiger partial charge is 0.317 e. The summed E-state index contributed by atoms with van der Waals surface area (Å²) in [6.07, 6.45) is 2.18. The van der Waals surface area contributed by atoms with Crippen molar-refractivity contribution in [2.24, 2.45) is 0 Å². The molecule has 0 unspecified atom stereocenters. The number of unbranched alkanes of at least 4 members (excludes halogenated alkanes) is 1. The summed E-state index contributed by atoms with van der Waals surface area (Å²) in [5.41, 5.74) is 0.615. The summed E-state index contributed by atoms with van der Waals surface area (Å²) in [5, 5.41) is 1.13. The van der Waals surface area contributed by atoms with Gasteiger partial charge in [-0.25, -0.2) is 0 Å². The predicted octanol–water partition coefficient (Wildman–Crippen LogP) is 5.99. The molecule has 0 atom stereocenters. The van der Waals surface area contributed by atoms with Gasteiger partial charge in [0.05, 0.1) is 12.3 Å². The van der Waals surface area contributed by atoms with Gasteiger partial charge in [-0.15, -0.1) is 11.6 Å². The summed E-state index contributed by atoms with van der Waals surface area (Å²) < 4.78 is 3.49. The molecule has 2 aromatic rings. The van der Waals surface area contributed by atoms with E-state index >= 15 is 0 Å². The van der Waals surface area contributed by atoms with E-state index in [4.69, 9.17) is 55.7 Å². The van der Waals surface area contributed by atoms with Crippen LogP contribution in [-0.4, -0.2) is 28.0 Å². The molecule has 0 aliphatic rings. The normalized spacial score (nSPS) is 11.5. The number of alkyl halides is 4. The van der Waals surface area contributed by atoms with Gasteiger partial charge < -0.3 is 4.42 Å². The minimum atomic E-state index is -2.05. The number of rotatable bonds is 9. The molecule has 152 valence electrons. The fourth-order valence-electron chi connectivity index (χ4n) is 2.28. The Hall–Kier alpha value is -1.24. The minimum absolute atomic E-state index is 0.123. The molecule has 0 radical (unpaired) electrons. The highest BCUT2D eigenvalue weighted by atomic mass is 35.6. The zero-order valence-corrected chi connectivity index (χ0v) is 18.1. The Balaban J connectivity index is 2.26. The third-order valence-electron chi connectivity index (χ3n) is 3.74. The van der Waals surface area contributed by atoms with Gasteiger partial charge >= 0.3 is 5.91 Å². The number of nitrogens with zero attached hydrogens (tertiary/aromatic N) is 1. The molecule has 2 rings (SSSR count). The van der Waals surface area contributed by atoms with Gasteiger partial charge in [0.1, 0.15) is 5.76 Å². The number of carbonyl (C=O) groups is 2. The van der Waals surface area contributed by atoms with Crippen LogP contribution in [0, 0.1) is 0 Å². The first kappa shape index (κ1) is 23.0. The number of Topliss-reactive ketones (excluding diaryl/α,β-unsaturated/α-hetero) is 1. The number of aryl methyl sites for hydroxylation is 1. The van der Waals surface area contributed by atoms with Crippen molar-refractivity contribution in [2.45, 2.75) is 30.0 Å². The molecule has 0 fully saturated rings. The molecule has 9 heteroatoms. The number of hydrogen-bond acceptors (Lipinski definition) is 4. The lowest BCUT2D eigenvalue weighted by molar-refractivity contribution is 0.0613. The van der Waals surface area contributed by atoms with Gasteiger partial charge in [0, 0.05) is 17.9 Å². The summed E-state index contributed by atoms with van der Waals surface area (Å²) in [5.74, 6) is -0.0206. The highest BCUT2D eigenvalue weighted by molar-refractivity contribution is 6.77. The van der Waals surface area contributed by atoms with Crippen LogP contribution in [0.3, 0.4) is 0 Å². The number of halogens is 4. The molecular weight excluding hydrogens is 448 g/mol. The molecule has 0 bridgehead atoms. The lowest BCUT2D eigenvalue weighted by atomic mass is 10.1. The van der Waals surface area contributed by atoms with E-state index in [1.165, 1.54) is 24.3 Å². The lowest BCUT2D eigenvalue weighted by Gasteiger charge is -2.21. The highest BCUT2D eigenvalue weighted by Crippen LogP contribution is 2.31. The quantitative estimate of drug-likeness (QED) is 0.197. The number of furan rings is 1. The number of amides is 1. The van der Waals surface area contributed by atoms with Gasteiger partial charge in [-0.2, -0.15) is 5.06 Å². The van der Waals surface area contributed by atoms with Gasteiger partial charge in [0.2, 0.25) is 5.78 Å². The van der Waals surface area contributed by atoms with Crippen LogP contribution in [0.15, 0.2) is 40.8 Å². The topological polar surface area (TPSA) is 59.8 Å². The number of anilines is 1. The molecule has 0 saturated carbocycles. The maximum absolute atomic E-state index is 12.9. The Kier molecular flexibility index (Phi) is 8.65. The fourth-order valence-corrected chi connectivity index (χ4v) is 2.80. The monoisotopic (exact) mass is 465 g/mol. The first-order valence-corrected chi connectivity index (χ1v) is 10.3. The molecule has 1 aromatic carbocycles. The average molecular weight is 467 g/mol. The summed E-state index contributed by atoms with van der Waals surface area (Å²) in [6, 6.07) is 9.27. The Labute approximate surface area is 183 Å². The molecule has 1 amide bonds. The van der Waals surface area contributed by atoms with Crippen LogP contribution in [0.25, 0.3) is 0 Å². The lowest BCUT2D eigenvalue weighted by Crippen LogP contribution is -2.31. The number of ketones is 1. The second kappa shape index (κ2) is 10.5. The zero-order valence-electron chi connectivity index (χ0n) is 15.1. The van der Waals surface area contributed by atoms with E-state index in [0.29, 0.717) is 30.4 Å². The molecule has 1 aromatic heterocycles. The van der Waals surface area contributed by atoms with Crippen molar-refractivity contribution in [3.63, 3.8) is 0 Å². The van der Waals surface area contributed by atoms with Gasteiger partial charge in [-0.1, -0.05) is 48.1 Å². The molecule has 0 aliphatic heterocycles. The number of carbonyl (C=O) groups excluding carboxylic acids is 2. The van der Waals surface area contributed by atoms with Gasteiger partial charge in [0.25, 0.3) is 3.79 Å². The van der Waals surface area contributed by atoms with Crippen molar-refractivity contribution in [2.75, 3.05) is 17.6 Å². The van der Waals surface area contributed by atoms with E-state index in [1.807, 2.05) is 6.92 Å². The molecule has 5 nitrogen and oxygen atoms in total. The summed E-state index contributed by atoms with van der Waals surface area (Å²) >= 11 is 22.6. The highest BCUT2D eigenvalue weighted by Gasteiger charge is 2.32. The predicted molar refractivity (Wildman–Crippen MR) is 112 cm³/mol. The van der Waals surface area contributed by atoms with E-state index in [2.05, 4.69) is 0 Å². The molecular formula is C19H19Cl4NO4. The third-order valence-corrected chi connectivity index (χ3v) is 4.44. The van der Waals surface area contributed by atoms with Crippen molar-refractivity contribution in [3.8, 4) is 0 Å². The number of hydroxylamine groups is 1. The third kappa shape index (κ3) is 6.13. The molecule has 0 aliphatic carbocycles. The second-order valence-corrected chi connectivity index (χ2v) is 8.52. The van der Waals surface area contributed by atoms with E-state index in [1.54, 1.807) is 12.1 Å². The average Bonchev–Trinajstić information content (AvgIpc) is 3.13. The van der Waals surface area contributed by atoms with Crippen LogP contribution in [-0.2, 0) is 11.3 Å². The standard InChI is InChI=1S/C19H19Cl4NO4/c1-2-3-12-27-24(18(26)16-9-8-15(28-16)10-11-20)14-6-4-13(5-7-14)17(25)19(21,22)23/h4-9H,2-3,10-12H2,1H3. The maximum atomic E-state index is 12.9. The number of benzene rings is 1. The van der Waals surface area contributed by atoms with E-state index in [0.717, 1.165) is 17.9 Å². The first-order chi connectivity index (χ1) is 13.3. The molecule has 0 saturated heterocycles. The van der Waals surface area contributed by atoms with Crippen molar-refractivity contribution < 1.29 is 18.8 Å². The molecule has 0 N–H and O–H groups in total. The Bertz CT molecular complexity index is 799. The summed E-state index contributed by atoms with van der Waals surface area (Å²) in [4.78, 5) is 30.6. The fraction of sp³-hybridized carbons (Fsp3) is 0.368. The van der Waals surface area contributed by atoms with Crippen molar-refractivity contribution in [1.29, 1.82) is 0 Å². The summed E-state index contributed by atoms with van der Waals surface area (Å²) in [6.45, 7) is 2.35. The van der Waals surface area contributed by atoms with Gasteiger partial charge in [0.15, 0.2) is 5.76 Å². The molecule has 28 heavy (non-hydrogen) atoms. The van der Waals surface area contributed by atoms with Crippen LogP contribution in [0.5, 0.6) is 0 Å². The van der Waals surface area contributed by atoms with Crippen LogP contribution in [0.4, 0.5) is 5.69 Å². The van der Waals surface area contributed by atoms with Crippen LogP contribution >= 0.6 is 46.4 Å². The Morgan fingerprint density at radius 1 is 1.11 bits per heavy atom. The van der Waals surface area contributed by atoms with Crippen molar-refractivity contribution >= 4 is 63.8 Å². The van der Waals surface area contributed by atoms with Crippen LogP contribution in [0.1, 0.15) is 46.4 Å². The summed E-state index contributed by atoms with van der Waals surface area (Å²) in [7, 11) is 0. The van der Waals surface area contributed by atoms with Crippen LogP contribution < -0.4 is 5.06 Å². The Morgan fingerprint density at radius 3 is 2.36 bits per heavy atom. The number of hydrogen-bond donors (Lipinski definition) is 0. The van der Waals surface area contributed by atoms with E-state index in [-0.39, 0.29) is 11.3 Å². The minimum Gasteiger partial charge on any atom is -0.456 e. The molecule has 0 spiro atoms. The maximum Gasteiger partial charge on any atom is 0.317 e. The van der Waals surface area contributed by atoms with E-state index in [9.17, 15) is 9.59 Å². The largest absolute Gasteiger partial charge is 0.456 e. The SMILES string of the molecule is CCCCON(C(=O)c1ccc(CCCl)o1)c1ccc(C(=O)C(Cl)(Cl)Cl)cc1. The second-order valence-electron chi connectivity index (χ2n) is 5.87. The molecule has 1 heterocycles. The Morgan fingerprint density at radius 2 is 1.79 bits per heavy atom. The van der Waals surface area contributed by atoms with E-state index < -0.39 is 15.5 Å². The van der Waals surface area contributed by atoms with Crippen molar-refractivity contribution in [1.82, 2.24) is 0 Å². The van der Waals surface area contributed by atoms with Crippen LogP contribution in [0.2, 0.25) is 0 Å². The van der Waals surface area contributed by atoms with Gasteiger partial charge in [-0.3, -0.25) is 14.4 Å². The zero-order chi connectivity index (χ0) is 20.7. The van der Waals surface area contributed by atoms with Crippen molar-refractivity contribution in [3.05, 3.63) is 53.5 Å². The van der Waals surface area contributed by atoms with Gasteiger partial charge in [-0.05, 0) is 42.8 Å². The first-order valence-electron chi connectivity index (χ1n) is 8.61.